The number of carbonyl (C=O) groups is 1. The molecule has 0 amide bonds. The van der Waals surface area contributed by atoms with Crippen molar-refractivity contribution in [2.75, 3.05) is 11.9 Å². The van der Waals surface area contributed by atoms with Gasteiger partial charge in [0.05, 0.1) is 12.5 Å². The molecule has 0 aromatic heterocycles. The fraction of sp³-hybridized carbons (Fsp3) is 0.500. The van der Waals surface area contributed by atoms with Gasteiger partial charge in [0.15, 0.2) is 0 Å². The Hall–Kier alpha value is -1.55. The Morgan fingerprint density at radius 3 is 2.72 bits per heavy atom. The molecule has 18 heavy (non-hydrogen) atoms. The summed E-state index contributed by atoms with van der Waals surface area (Å²) >= 11 is 0. The average Bonchev–Trinajstić information content (AvgIpc) is 2.35. The lowest BCUT2D eigenvalue weighted by Gasteiger charge is -2.18. The predicted octanol–water partition coefficient (Wildman–Crippen LogP) is 1.81. The Balaban J connectivity index is 1.91. The molecule has 0 bridgehead atoms. The topological polar surface area (TPSA) is 69.6 Å². The first kappa shape index (κ1) is 12.9. The highest BCUT2D eigenvalue weighted by Gasteiger charge is 2.11. The van der Waals surface area contributed by atoms with E-state index in [1.54, 1.807) is 0 Å². The van der Waals surface area contributed by atoms with Crippen LogP contribution >= 0.6 is 0 Å². The van der Waals surface area contributed by atoms with Gasteiger partial charge in [-0.25, -0.2) is 0 Å². The summed E-state index contributed by atoms with van der Waals surface area (Å²) in [4.78, 5) is 10.4. The van der Waals surface area contributed by atoms with Gasteiger partial charge in [-0.15, -0.1) is 0 Å². The maximum absolute atomic E-state index is 10.4. The highest BCUT2D eigenvalue weighted by molar-refractivity contribution is 5.67. The number of rotatable bonds is 5. The van der Waals surface area contributed by atoms with E-state index < -0.39 is 12.1 Å². The molecule has 0 saturated carbocycles. The summed E-state index contributed by atoms with van der Waals surface area (Å²) < 4.78 is 0. The van der Waals surface area contributed by atoms with Gasteiger partial charge in [0, 0.05) is 12.2 Å². The van der Waals surface area contributed by atoms with Crippen LogP contribution in [0.15, 0.2) is 18.2 Å². The third-order valence-electron chi connectivity index (χ3n) is 3.30. The number of hydrogen-bond donors (Lipinski definition) is 3. The zero-order valence-electron chi connectivity index (χ0n) is 10.4. The van der Waals surface area contributed by atoms with E-state index in [4.69, 9.17) is 5.11 Å². The monoisotopic (exact) mass is 249 g/mol. The van der Waals surface area contributed by atoms with Crippen LogP contribution in [0.25, 0.3) is 0 Å². The van der Waals surface area contributed by atoms with E-state index >= 15 is 0 Å². The Bertz CT molecular complexity index is 431. The molecule has 0 aliphatic heterocycles. The molecule has 0 spiro atoms. The van der Waals surface area contributed by atoms with Crippen LogP contribution in [0.3, 0.4) is 0 Å². The molecule has 0 saturated heterocycles. The minimum atomic E-state index is -0.977. The second kappa shape index (κ2) is 5.87. The highest BCUT2D eigenvalue weighted by atomic mass is 16.4. The lowest BCUT2D eigenvalue weighted by Crippen LogP contribution is -2.22. The van der Waals surface area contributed by atoms with E-state index in [2.05, 4.69) is 17.4 Å². The number of nitrogens with one attached hydrogen (secondary N) is 1. The normalized spacial score (nSPS) is 15.8. The molecule has 1 unspecified atom stereocenters. The van der Waals surface area contributed by atoms with Crippen LogP contribution < -0.4 is 5.32 Å². The minimum Gasteiger partial charge on any atom is -0.481 e. The average molecular weight is 249 g/mol. The van der Waals surface area contributed by atoms with Crippen LogP contribution in [-0.2, 0) is 17.6 Å². The van der Waals surface area contributed by atoms with Crippen LogP contribution in [0.5, 0.6) is 0 Å². The summed E-state index contributed by atoms with van der Waals surface area (Å²) in [7, 11) is 0. The van der Waals surface area contributed by atoms with E-state index in [0.717, 1.165) is 18.5 Å². The molecule has 0 heterocycles. The van der Waals surface area contributed by atoms with Gasteiger partial charge in [0.2, 0.25) is 0 Å². The number of fused-ring (bicyclic) bond motifs is 1. The molecule has 3 N–H and O–H groups in total. The summed E-state index contributed by atoms with van der Waals surface area (Å²) in [5.41, 5.74) is 3.75. The summed E-state index contributed by atoms with van der Waals surface area (Å²) in [6, 6.07) is 6.24. The number of carboxylic acid groups (broad SMARTS) is 1. The highest BCUT2D eigenvalue weighted by Crippen LogP contribution is 2.24. The Labute approximate surface area is 107 Å². The molecule has 4 heteroatoms. The minimum absolute atomic E-state index is 0.224. The van der Waals surface area contributed by atoms with E-state index in [0.29, 0.717) is 0 Å². The fourth-order valence-electron chi connectivity index (χ4n) is 2.35. The van der Waals surface area contributed by atoms with E-state index in [-0.39, 0.29) is 13.0 Å². The molecular weight excluding hydrogens is 230 g/mol. The summed E-state index contributed by atoms with van der Waals surface area (Å²) in [5, 5.41) is 21.1. The molecule has 0 radical (unpaired) electrons. The fourth-order valence-corrected chi connectivity index (χ4v) is 2.35. The van der Waals surface area contributed by atoms with Gasteiger partial charge in [-0.05, 0) is 48.9 Å². The number of anilines is 1. The molecule has 1 aromatic rings. The van der Waals surface area contributed by atoms with Crippen LogP contribution in [0.1, 0.15) is 30.4 Å². The number of hydrogen-bond acceptors (Lipinski definition) is 3. The second-order valence-electron chi connectivity index (χ2n) is 4.82. The molecule has 1 aromatic carbocycles. The van der Waals surface area contributed by atoms with Crippen molar-refractivity contribution in [3.8, 4) is 0 Å². The lowest BCUT2D eigenvalue weighted by molar-refractivity contribution is -0.138. The van der Waals surface area contributed by atoms with Crippen LogP contribution in [0, 0.1) is 0 Å². The Kier molecular flexibility index (Phi) is 4.20. The number of aliphatic hydroxyl groups is 1. The molecule has 1 aliphatic carbocycles. The number of aryl methyl sites for hydroxylation is 2. The summed E-state index contributed by atoms with van der Waals surface area (Å²) in [6.07, 6.45) is 3.69. The standard InChI is InChI=1S/C14H19NO3/c16-13(8-14(17)18)9-15-12-6-5-10-3-1-2-4-11(10)7-12/h5-7,13,15-16H,1-4,8-9H2,(H,17,18). The van der Waals surface area contributed by atoms with Crippen molar-refractivity contribution in [1.29, 1.82) is 0 Å². The molecule has 1 atom stereocenters. The maximum Gasteiger partial charge on any atom is 0.306 e. The van der Waals surface area contributed by atoms with Crippen LogP contribution in [0.4, 0.5) is 5.69 Å². The number of aliphatic hydroxyl groups excluding tert-OH is 1. The SMILES string of the molecule is O=C(O)CC(O)CNc1ccc2c(c1)CCCC2. The van der Waals surface area contributed by atoms with Crippen molar-refractivity contribution in [3.05, 3.63) is 29.3 Å². The van der Waals surface area contributed by atoms with Crippen molar-refractivity contribution >= 4 is 11.7 Å². The number of aliphatic carboxylic acids is 1. The van der Waals surface area contributed by atoms with E-state index in [9.17, 15) is 9.90 Å². The van der Waals surface area contributed by atoms with Crippen LogP contribution in [-0.4, -0.2) is 28.8 Å². The van der Waals surface area contributed by atoms with Gasteiger partial charge < -0.3 is 15.5 Å². The Morgan fingerprint density at radius 2 is 2.00 bits per heavy atom. The first-order valence-electron chi connectivity index (χ1n) is 6.40. The lowest BCUT2D eigenvalue weighted by atomic mass is 9.91. The molecule has 98 valence electrons. The van der Waals surface area contributed by atoms with Gasteiger partial charge in [0.1, 0.15) is 0 Å². The van der Waals surface area contributed by atoms with Crippen molar-refractivity contribution < 1.29 is 15.0 Å². The molecule has 0 fully saturated rings. The second-order valence-corrected chi connectivity index (χ2v) is 4.82. The number of carboxylic acids is 1. The van der Waals surface area contributed by atoms with E-state index in [1.165, 1.54) is 24.0 Å². The van der Waals surface area contributed by atoms with Crippen molar-refractivity contribution in [3.63, 3.8) is 0 Å². The molecule has 1 aliphatic rings. The Morgan fingerprint density at radius 1 is 1.28 bits per heavy atom. The van der Waals surface area contributed by atoms with Crippen LogP contribution in [0.2, 0.25) is 0 Å². The van der Waals surface area contributed by atoms with Crippen molar-refractivity contribution in [2.24, 2.45) is 0 Å². The summed E-state index contributed by atoms with van der Waals surface area (Å²) in [5.74, 6) is -0.977. The van der Waals surface area contributed by atoms with Gasteiger partial charge in [0.25, 0.3) is 0 Å². The maximum atomic E-state index is 10.4. The molecular formula is C14H19NO3. The zero-order chi connectivity index (χ0) is 13.0. The molecule has 2 rings (SSSR count). The van der Waals surface area contributed by atoms with Crippen molar-refractivity contribution in [2.45, 2.75) is 38.2 Å². The third-order valence-corrected chi connectivity index (χ3v) is 3.30. The van der Waals surface area contributed by atoms with Gasteiger partial charge in [-0.1, -0.05) is 6.07 Å². The first-order valence-corrected chi connectivity index (χ1v) is 6.40. The smallest absolute Gasteiger partial charge is 0.306 e. The summed E-state index contributed by atoms with van der Waals surface area (Å²) in [6.45, 7) is 0.269. The predicted molar refractivity (Wildman–Crippen MR) is 69.8 cm³/mol. The number of benzene rings is 1. The van der Waals surface area contributed by atoms with E-state index in [1.807, 2.05) is 6.07 Å². The zero-order valence-corrected chi connectivity index (χ0v) is 10.4. The quantitative estimate of drug-likeness (QED) is 0.744. The first-order chi connectivity index (χ1) is 8.65. The van der Waals surface area contributed by atoms with Crippen molar-refractivity contribution in [1.82, 2.24) is 0 Å². The van der Waals surface area contributed by atoms with Gasteiger partial charge in [-0.2, -0.15) is 0 Å². The molecule has 4 nitrogen and oxygen atoms in total. The van der Waals surface area contributed by atoms with Gasteiger partial charge >= 0.3 is 5.97 Å². The largest absolute Gasteiger partial charge is 0.481 e. The third kappa shape index (κ3) is 3.47. The van der Waals surface area contributed by atoms with Gasteiger partial charge in [-0.3, -0.25) is 4.79 Å².